The molecule has 2 saturated carbocycles. The fourth-order valence-electron chi connectivity index (χ4n) is 4.84. The van der Waals surface area contributed by atoms with Crippen LogP contribution >= 0.6 is 0 Å². The molecule has 4 rings (SSSR count). The van der Waals surface area contributed by atoms with Crippen LogP contribution in [0.4, 0.5) is 5.69 Å². The highest BCUT2D eigenvalue weighted by Crippen LogP contribution is 2.46. The molecule has 21 heavy (non-hydrogen) atoms. The van der Waals surface area contributed by atoms with Gasteiger partial charge in [0, 0.05) is 32.2 Å². The number of nitrogens with zero attached hydrogens (tertiary/aromatic N) is 2. The van der Waals surface area contributed by atoms with Gasteiger partial charge in [-0.25, -0.2) is 0 Å². The SMILES string of the molecule is COc1ccccc1N1CCN(C2CC3CCC2C3)CC1. The smallest absolute Gasteiger partial charge is 0.142 e. The van der Waals surface area contributed by atoms with E-state index < -0.39 is 0 Å². The Labute approximate surface area is 127 Å². The summed E-state index contributed by atoms with van der Waals surface area (Å²) in [4.78, 5) is 5.26. The lowest BCUT2D eigenvalue weighted by molar-refractivity contribution is 0.135. The van der Waals surface area contributed by atoms with Gasteiger partial charge in [-0.1, -0.05) is 18.6 Å². The summed E-state index contributed by atoms with van der Waals surface area (Å²) in [6.07, 6.45) is 5.97. The van der Waals surface area contributed by atoms with Crippen molar-refractivity contribution in [3.63, 3.8) is 0 Å². The second kappa shape index (κ2) is 5.53. The van der Waals surface area contributed by atoms with E-state index in [-0.39, 0.29) is 0 Å². The maximum Gasteiger partial charge on any atom is 0.142 e. The molecule has 0 N–H and O–H groups in total. The van der Waals surface area contributed by atoms with Gasteiger partial charge in [-0.15, -0.1) is 0 Å². The fourth-order valence-corrected chi connectivity index (χ4v) is 4.84. The Kier molecular flexibility index (Phi) is 3.54. The van der Waals surface area contributed by atoms with Crippen LogP contribution in [0.2, 0.25) is 0 Å². The first-order valence-corrected chi connectivity index (χ1v) is 8.47. The van der Waals surface area contributed by atoms with E-state index in [4.69, 9.17) is 4.74 Å². The van der Waals surface area contributed by atoms with Crippen molar-refractivity contribution >= 4 is 5.69 Å². The van der Waals surface area contributed by atoms with Crippen LogP contribution in [0.3, 0.4) is 0 Å². The Morgan fingerprint density at radius 2 is 1.81 bits per heavy atom. The second-order valence-corrected chi connectivity index (χ2v) is 6.94. The minimum Gasteiger partial charge on any atom is -0.495 e. The zero-order valence-corrected chi connectivity index (χ0v) is 13.0. The molecule has 0 aromatic heterocycles. The summed E-state index contributed by atoms with van der Waals surface area (Å²) < 4.78 is 5.51. The highest BCUT2D eigenvalue weighted by molar-refractivity contribution is 5.58. The van der Waals surface area contributed by atoms with E-state index in [0.717, 1.165) is 36.7 Å². The zero-order valence-electron chi connectivity index (χ0n) is 13.0. The predicted octanol–water partition coefficient (Wildman–Crippen LogP) is 3.01. The molecule has 3 nitrogen and oxygen atoms in total. The van der Waals surface area contributed by atoms with E-state index in [0.29, 0.717) is 0 Å². The number of hydrogen-bond acceptors (Lipinski definition) is 3. The monoisotopic (exact) mass is 286 g/mol. The Bertz CT molecular complexity index is 496. The zero-order chi connectivity index (χ0) is 14.2. The first-order valence-electron chi connectivity index (χ1n) is 8.47. The van der Waals surface area contributed by atoms with Crippen molar-refractivity contribution < 1.29 is 4.74 Å². The van der Waals surface area contributed by atoms with Crippen LogP contribution in [0.1, 0.15) is 25.7 Å². The average Bonchev–Trinajstić information content (AvgIpc) is 3.18. The third-order valence-corrected chi connectivity index (χ3v) is 5.91. The van der Waals surface area contributed by atoms with E-state index in [1.807, 2.05) is 6.07 Å². The van der Waals surface area contributed by atoms with Gasteiger partial charge in [0.15, 0.2) is 0 Å². The molecule has 0 amide bonds. The van der Waals surface area contributed by atoms with Gasteiger partial charge in [-0.05, 0) is 43.2 Å². The molecule has 114 valence electrons. The van der Waals surface area contributed by atoms with E-state index in [9.17, 15) is 0 Å². The van der Waals surface area contributed by atoms with Gasteiger partial charge in [0.2, 0.25) is 0 Å². The van der Waals surface area contributed by atoms with Gasteiger partial charge < -0.3 is 9.64 Å². The van der Waals surface area contributed by atoms with Gasteiger partial charge in [0.05, 0.1) is 12.8 Å². The predicted molar refractivity (Wildman–Crippen MR) is 86.0 cm³/mol. The molecular formula is C18H26N2O. The summed E-state index contributed by atoms with van der Waals surface area (Å²) in [6, 6.07) is 9.31. The molecule has 1 aliphatic heterocycles. The number of ether oxygens (including phenoxy) is 1. The van der Waals surface area contributed by atoms with Crippen molar-refractivity contribution in [3.05, 3.63) is 24.3 Å². The molecule has 3 heteroatoms. The van der Waals surface area contributed by atoms with E-state index in [1.54, 1.807) is 7.11 Å². The largest absolute Gasteiger partial charge is 0.495 e. The van der Waals surface area contributed by atoms with Crippen molar-refractivity contribution in [2.45, 2.75) is 31.7 Å². The van der Waals surface area contributed by atoms with Crippen molar-refractivity contribution in [3.8, 4) is 5.75 Å². The maximum atomic E-state index is 5.51. The summed E-state index contributed by atoms with van der Waals surface area (Å²) in [6.45, 7) is 4.69. The van der Waals surface area contributed by atoms with Crippen LogP contribution in [0.15, 0.2) is 24.3 Å². The number of para-hydroxylation sites is 2. The number of piperazine rings is 1. The molecule has 0 spiro atoms. The summed E-state index contributed by atoms with van der Waals surface area (Å²) in [5.41, 5.74) is 1.26. The first kappa shape index (κ1) is 13.4. The Morgan fingerprint density at radius 1 is 1.00 bits per heavy atom. The number of hydrogen-bond donors (Lipinski definition) is 0. The first-order chi connectivity index (χ1) is 10.3. The molecule has 2 bridgehead atoms. The van der Waals surface area contributed by atoms with Crippen LogP contribution < -0.4 is 9.64 Å². The van der Waals surface area contributed by atoms with Crippen molar-refractivity contribution in [2.24, 2.45) is 11.8 Å². The van der Waals surface area contributed by atoms with Crippen LogP contribution in [0.25, 0.3) is 0 Å². The molecular weight excluding hydrogens is 260 g/mol. The topological polar surface area (TPSA) is 15.7 Å². The average molecular weight is 286 g/mol. The summed E-state index contributed by atoms with van der Waals surface area (Å²) >= 11 is 0. The number of anilines is 1. The Hall–Kier alpha value is -1.22. The molecule has 2 aliphatic carbocycles. The molecule has 1 heterocycles. The summed E-state index contributed by atoms with van der Waals surface area (Å²) in [5, 5.41) is 0. The molecule has 1 aromatic rings. The standard InChI is InChI=1S/C18H26N2O/c1-21-18-5-3-2-4-16(18)19-8-10-20(11-9-19)17-13-14-6-7-15(17)12-14/h2-5,14-15,17H,6-13H2,1H3. The Morgan fingerprint density at radius 3 is 2.48 bits per heavy atom. The number of rotatable bonds is 3. The van der Waals surface area contributed by atoms with E-state index in [1.165, 1.54) is 44.5 Å². The van der Waals surface area contributed by atoms with Gasteiger partial charge in [0.25, 0.3) is 0 Å². The minimum atomic E-state index is 0.892. The maximum absolute atomic E-state index is 5.51. The third kappa shape index (κ3) is 2.42. The normalized spacial score (nSPS) is 32.6. The molecule has 3 fully saturated rings. The quantitative estimate of drug-likeness (QED) is 0.849. The van der Waals surface area contributed by atoms with Gasteiger partial charge >= 0.3 is 0 Å². The molecule has 3 unspecified atom stereocenters. The lowest BCUT2D eigenvalue weighted by Crippen LogP contribution is -2.51. The third-order valence-electron chi connectivity index (χ3n) is 5.91. The lowest BCUT2D eigenvalue weighted by atomic mass is 9.93. The van der Waals surface area contributed by atoms with Gasteiger partial charge in [-0.3, -0.25) is 4.90 Å². The highest BCUT2D eigenvalue weighted by atomic mass is 16.5. The van der Waals surface area contributed by atoms with Crippen molar-refractivity contribution in [1.82, 2.24) is 4.90 Å². The lowest BCUT2D eigenvalue weighted by Gasteiger charge is -2.42. The highest BCUT2D eigenvalue weighted by Gasteiger charge is 2.42. The molecule has 1 saturated heterocycles. The van der Waals surface area contributed by atoms with Crippen LogP contribution in [-0.4, -0.2) is 44.2 Å². The summed E-state index contributed by atoms with van der Waals surface area (Å²) in [5.74, 6) is 3.06. The number of fused-ring (bicyclic) bond motifs is 2. The van der Waals surface area contributed by atoms with Crippen LogP contribution in [0, 0.1) is 11.8 Å². The van der Waals surface area contributed by atoms with Crippen molar-refractivity contribution in [1.29, 1.82) is 0 Å². The number of methoxy groups -OCH3 is 1. The molecule has 3 aliphatic rings. The van der Waals surface area contributed by atoms with Gasteiger partial charge in [-0.2, -0.15) is 0 Å². The fraction of sp³-hybridized carbons (Fsp3) is 0.667. The number of benzene rings is 1. The van der Waals surface area contributed by atoms with E-state index >= 15 is 0 Å². The molecule has 0 radical (unpaired) electrons. The molecule has 3 atom stereocenters. The second-order valence-electron chi connectivity index (χ2n) is 6.94. The Balaban J connectivity index is 1.40. The van der Waals surface area contributed by atoms with Crippen LogP contribution in [-0.2, 0) is 0 Å². The molecule has 1 aromatic carbocycles. The minimum absolute atomic E-state index is 0.892. The van der Waals surface area contributed by atoms with E-state index in [2.05, 4.69) is 28.0 Å². The van der Waals surface area contributed by atoms with Crippen LogP contribution in [0.5, 0.6) is 5.75 Å². The summed E-state index contributed by atoms with van der Waals surface area (Å²) in [7, 11) is 1.77. The van der Waals surface area contributed by atoms with Gasteiger partial charge in [0.1, 0.15) is 5.75 Å². The van der Waals surface area contributed by atoms with Crippen molar-refractivity contribution in [2.75, 3.05) is 38.2 Å².